The maximum Gasteiger partial charge on any atom is 0.270 e. The second-order valence-electron chi connectivity index (χ2n) is 7.62. The molecule has 0 radical (unpaired) electrons. The number of hydrogen-bond donors (Lipinski definition) is 2. The van der Waals surface area contributed by atoms with Crippen LogP contribution in [0.25, 0.3) is 32.6 Å². The Morgan fingerprint density at radius 1 is 0.875 bits per heavy atom. The van der Waals surface area contributed by atoms with Gasteiger partial charge in [0.15, 0.2) is 5.11 Å². The second-order valence-corrected chi connectivity index (χ2v) is 8.04. The first-order valence-electron chi connectivity index (χ1n) is 10.2. The van der Waals surface area contributed by atoms with Gasteiger partial charge in [0.1, 0.15) is 0 Å². The van der Waals surface area contributed by atoms with Gasteiger partial charge in [0, 0.05) is 16.3 Å². The number of para-hydroxylation sites is 1. The molecule has 0 aliphatic rings. The molecule has 1 amide bonds. The van der Waals surface area contributed by atoms with E-state index in [0.29, 0.717) is 11.3 Å². The van der Waals surface area contributed by atoms with Crippen LogP contribution in [-0.2, 0) is 0 Å². The summed E-state index contributed by atoms with van der Waals surface area (Å²) in [6.07, 6.45) is 0. The van der Waals surface area contributed by atoms with Crippen LogP contribution in [0.5, 0.6) is 0 Å². The molecule has 0 spiro atoms. The fourth-order valence-corrected chi connectivity index (χ4v) is 4.18. The zero-order valence-electron chi connectivity index (χ0n) is 17.4. The summed E-state index contributed by atoms with van der Waals surface area (Å²) in [6, 6.07) is 27.3. The number of fused-ring (bicyclic) bond motifs is 3. The quantitative estimate of drug-likeness (QED) is 0.225. The van der Waals surface area contributed by atoms with Crippen molar-refractivity contribution in [2.24, 2.45) is 5.73 Å². The molecule has 5 rings (SSSR count). The van der Waals surface area contributed by atoms with Crippen LogP contribution in [0, 0.1) is 6.92 Å². The third-order valence-electron chi connectivity index (χ3n) is 5.56. The van der Waals surface area contributed by atoms with Crippen molar-refractivity contribution in [3.05, 3.63) is 96.1 Å². The molecule has 5 aromatic rings. The van der Waals surface area contributed by atoms with Crippen LogP contribution >= 0.6 is 12.2 Å². The van der Waals surface area contributed by atoms with Crippen molar-refractivity contribution >= 4 is 61.5 Å². The smallest absolute Gasteiger partial charge is 0.270 e. The molecule has 3 N–H and O–H groups in total. The van der Waals surface area contributed by atoms with E-state index >= 15 is 0 Å². The zero-order valence-corrected chi connectivity index (χ0v) is 18.2. The number of hydrazine groups is 1. The molecule has 0 unspecified atom stereocenters. The van der Waals surface area contributed by atoms with Gasteiger partial charge in [-0.1, -0.05) is 60.7 Å². The maximum atomic E-state index is 13.3. The van der Waals surface area contributed by atoms with Gasteiger partial charge in [0.2, 0.25) is 0 Å². The summed E-state index contributed by atoms with van der Waals surface area (Å²) in [4.78, 5) is 18.1. The topological polar surface area (TPSA) is 71.2 Å². The number of benzene rings is 4. The number of nitrogens with one attached hydrogen (secondary N) is 1. The van der Waals surface area contributed by atoms with E-state index in [1.165, 1.54) is 5.01 Å². The Balaban J connectivity index is 1.64. The van der Waals surface area contributed by atoms with Gasteiger partial charge in [-0.2, -0.15) is 0 Å². The molecule has 0 bridgehead atoms. The Bertz CT molecular complexity index is 1520. The van der Waals surface area contributed by atoms with E-state index in [2.05, 4.69) is 11.5 Å². The Kier molecular flexibility index (Phi) is 4.92. The molecule has 4 aromatic carbocycles. The van der Waals surface area contributed by atoms with Gasteiger partial charge in [0.25, 0.3) is 5.91 Å². The lowest BCUT2D eigenvalue weighted by atomic mass is 10.0. The molecule has 0 saturated carbocycles. The first-order valence-corrected chi connectivity index (χ1v) is 10.6. The molecule has 0 atom stereocenters. The number of aromatic nitrogens is 1. The Hall–Kier alpha value is -4.03. The van der Waals surface area contributed by atoms with Gasteiger partial charge in [-0.3, -0.25) is 10.2 Å². The number of rotatable bonds is 2. The molecular weight excluding hydrogens is 416 g/mol. The number of thiocarbonyl (C=S) groups is 1. The summed E-state index contributed by atoms with van der Waals surface area (Å²) >= 11 is 5.35. The summed E-state index contributed by atoms with van der Waals surface area (Å²) in [5.74, 6) is -0.292. The van der Waals surface area contributed by atoms with E-state index in [0.717, 1.165) is 38.1 Å². The van der Waals surface area contributed by atoms with Crippen molar-refractivity contribution in [3.8, 4) is 0 Å². The summed E-state index contributed by atoms with van der Waals surface area (Å²) in [6.45, 7) is 1.96. The number of nitrogens with two attached hydrogens (primary N) is 1. The van der Waals surface area contributed by atoms with Gasteiger partial charge in [-0.25, -0.2) is 9.99 Å². The summed E-state index contributed by atoms with van der Waals surface area (Å²) in [5, 5.41) is 5.22. The average Bonchev–Trinajstić information content (AvgIpc) is 2.81. The summed E-state index contributed by atoms with van der Waals surface area (Å²) < 4.78 is 0. The number of anilines is 1. The molecule has 156 valence electrons. The van der Waals surface area contributed by atoms with Crippen molar-refractivity contribution < 1.29 is 4.79 Å². The minimum atomic E-state index is -0.292. The van der Waals surface area contributed by atoms with Crippen molar-refractivity contribution in [1.29, 1.82) is 0 Å². The first-order chi connectivity index (χ1) is 15.5. The molecule has 0 saturated heterocycles. The molecule has 0 fully saturated rings. The van der Waals surface area contributed by atoms with Crippen molar-refractivity contribution in [1.82, 2.24) is 10.4 Å². The minimum absolute atomic E-state index is 0.0438. The second kappa shape index (κ2) is 7.90. The first kappa shape index (κ1) is 19.9. The number of hydrogen-bond acceptors (Lipinski definition) is 3. The van der Waals surface area contributed by atoms with Crippen LogP contribution in [0.4, 0.5) is 5.69 Å². The number of carbonyl (C=O) groups excluding carboxylic acids is 1. The fraction of sp³-hybridized carbons (Fsp3) is 0.0385. The van der Waals surface area contributed by atoms with E-state index in [1.54, 1.807) is 6.07 Å². The molecule has 32 heavy (non-hydrogen) atoms. The van der Waals surface area contributed by atoms with E-state index in [-0.39, 0.29) is 11.0 Å². The van der Waals surface area contributed by atoms with Crippen LogP contribution in [0.2, 0.25) is 0 Å². The predicted molar refractivity (Wildman–Crippen MR) is 135 cm³/mol. The normalized spacial score (nSPS) is 11.0. The number of carbonyl (C=O) groups is 1. The van der Waals surface area contributed by atoms with E-state index < -0.39 is 0 Å². The lowest BCUT2D eigenvalue weighted by molar-refractivity contribution is 0.0957. The molecule has 5 nitrogen and oxygen atoms in total. The van der Waals surface area contributed by atoms with Crippen LogP contribution in [-0.4, -0.2) is 16.0 Å². The maximum absolute atomic E-state index is 13.3. The third kappa shape index (κ3) is 3.40. The largest absolute Gasteiger partial charge is 0.374 e. The molecule has 0 aliphatic carbocycles. The molecule has 0 aliphatic heterocycles. The fourth-order valence-electron chi connectivity index (χ4n) is 4.05. The van der Waals surface area contributed by atoms with E-state index in [4.69, 9.17) is 22.9 Å². The molecule has 1 heterocycles. The number of aryl methyl sites for hydroxylation is 1. The van der Waals surface area contributed by atoms with Crippen LogP contribution < -0.4 is 16.2 Å². The van der Waals surface area contributed by atoms with Crippen LogP contribution in [0.1, 0.15) is 15.9 Å². The van der Waals surface area contributed by atoms with Gasteiger partial charge < -0.3 is 5.73 Å². The Labute approximate surface area is 190 Å². The third-order valence-corrected chi connectivity index (χ3v) is 5.75. The summed E-state index contributed by atoms with van der Waals surface area (Å²) in [5.41, 5.74) is 12.9. The highest BCUT2D eigenvalue weighted by atomic mass is 32.1. The highest BCUT2D eigenvalue weighted by Crippen LogP contribution is 2.31. The molecule has 1 aromatic heterocycles. The van der Waals surface area contributed by atoms with Gasteiger partial charge in [-0.15, -0.1) is 0 Å². The Morgan fingerprint density at radius 2 is 1.59 bits per heavy atom. The highest BCUT2D eigenvalue weighted by Gasteiger charge is 2.21. The standard InChI is InChI=1S/C26H20N4OS/c1-16-13-14-23-21(15-18-8-3-5-12-22(18)28-23)24(16)30(26(27)32)29-25(31)20-11-6-9-17-7-2-4-10-19(17)20/h2-15H,1H3,(H2,27,32)(H,29,31). The zero-order chi connectivity index (χ0) is 22.2. The minimum Gasteiger partial charge on any atom is -0.374 e. The van der Waals surface area contributed by atoms with Gasteiger partial charge in [-0.05, 0) is 59.7 Å². The van der Waals surface area contributed by atoms with E-state index in [9.17, 15) is 4.79 Å². The number of nitrogens with zero attached hydrogens (tertiary/aromatic N) is 2. The molecule has 6 heteroatoms. The lowest BCUT2D eigenvalue weighted by Crippen LogP contribution is -2.49. The Morgan fingerprint density at radius 3 is 2.41 bits per heavy atom. The van der Waals surface area contributed by atoms with Gasteiger partial charge in [0.05, 0.1) is 16.7 Å². The lowest BCUT2D eigenvalue weighted by Gasteiger charge is -2.26. The van der Waals surface area contributed by atoms with Gasteiger partial charge >= 0.3 is 0 Å². The van der Waals surface area contributed by atoms with Crippen molar-refractivity contribution in [2.45, 2.75) is 6.92 Å². The predicted octanol–water partition coefficient (Wildman–Crippen LogP) is 5.24. The monoisotopic (exact) mass is 436 g/mol. The number of pyridine rings is 1. The van der Waals surface area contributed by atoms with E-state index in [1.807, 2.05) is 79.7 Å². The number of amides is 1. The van der Waals surface area contributed by atoms with Crippen molar-refractivity contribution in [3.63, 3.8) is 0 Å². The SMILES string of the molecule is Cc1ccc2nc3ccccc3cc2c1N(NC(=O)c1cccc2ccccc12)C(N)=S. The molecular formula is C26H20N4OS. The highest BCUT2D eigenvalue weighted by molar-refractivity contribution is 7.80. The van der Waals surface area contributed by atoms with Crippen LogP contribution in [0.15, 0.2) is 84.9 Å². The van der Waals surface area contributed by atoms with Crippen molar-refractivity contribution in [2.75, 3.05) is 5.01 Å². The summed E-state index contributed by atoms with van der Waals surface area (Å²) in [7, 11) is 0. The average molecular weight is 437 g/mol. The van der Waals surface area contributed by atoms with Crippen LogP contribution in [0.3, 0.4) is 0 Å².